The third kappa shape index (κ3) is 3.65. The summed E-state index contributed by atoms with van der Waals surface area (Å²) in [5.74, 6) is 0. The fourth-order valence-electron chi connectivity index (χ4n) is 2.50. The maximum absolute atomic E-state index is 12.2. The number of ether oxygens (including phenoxy) is 2. The molecule has 1 heterocycles. The summed E-state index contributed by atoms with van der Waals surface area (Å²) in [6.45, 7) is 1.92. The molecule has 22 heavy (non-hydrogen) atoms. The number of carbonyl (C=O) groups excluding carboxylic acids is 1. The van der Waals surface area contributed by atoms with Gasteiger partial charge in [-0.3, -0.25) is 0 Å². The maximum Gasteiger partial charge on any atom is 0.410 e. The Morgan fingerprint density at radius 3 is 2.50 bits per heavy atom. The number of nitrogens with zero attached hydrogens (tertiary/aromatic N) is 1. The normalized spacial score (nSPS) is 18.0. The van der Waals surface area contributed by atoms with E-state index in [-0.39, 0.29) is 12.2 Å². The van der Waals surface area contributed by atoms with E-state index in [0.29, 0.717) is 26.3 Å². The Hall–Kier alpha value is -2.33. The Labute approximate surface area is 130 Å². The van der Waals surface area contributed by atoms with Crippen molar-refractivity contribution in [3.8, 4) is 0 Å². The van der Waals surface area contributed by atoms with Crippen LogP contribution in [0.3, 0.4) is 0 Å². The van der Waals surface area contributed by atoms with Crippen LogP contribution in [0.15, 0.2) is 60.7 Å². The summed E-state index contributed by atoms with van der Waals surface area (Å²) >= 11 is 0. The number of rotatable bonds is 3. The summed E-state index contributed by atoms with van der Waals surface area (Å²) in [5, 5.41) is 0. The van der Waals surface area contributed by atoms with Gasteiger partial charge in [-0.2, -0.15) is 0 Å². The van der Waals surface area contributed by atoms with E-state index in [2.05, 4.69) is 0 Å². The molecule has 0 saturated carbocycles. The van der Waals surface area contributed by atoms with Crippen LogP contribution in [0.1, 0.15) is 17.2 Å². The van der Waals surface area contributed by atoms with E-state index in [1.807, 2.05) is 60.7 Å². The van der Waals surface area contributed by atoms with Crippen LogP contribution in [0.5, 0.6) is 0 Å². The van der Waals surface area contributed by atoms with Crippen molar-refractivity contribution in [2.75, 3.05) is 19.7 Å². The molecule has 0 radical (unpaired) electrons. The van der Waals surface area contributed by atoms with Crippen LogP contribution in [0.4, 0.5) is 4.79 Å². The van der Waals surface area contributed by atoms with Gasteiger partial charge in [-0.1, -0.05) is 60.7 Å². The molecule has 0 bridgehead atoms. The number of hydrogen-bond acceptors (Lipinski definition) is 3. The molecule has 1 saturated heterocycles. The van der Waals surface area contributed by atoms with Gasteiger partial charge in [0.25, 0.3) is 0 Å². The molecule has 114 valence electrons. The fourth-order valence-corrected chi connectivity index (χ4v) is 2.50. The Bertz CT molecular complexity index is 600. The molecule has 1 atom stereocenters. The van der Waals surface area contributed by atoms with Crippen molar-refractivity contribution in [3.63, 3.8) is 0 Å². The van der Waals surface area contributed by atoms with Gasteiger partial charge in [-0.25, -0.2) is 4.79 Å². The molecule has 4 heteroatoms. The lowest BCUT2D eigenvalue weighted by molar-refractivity contribution is -0.0296. The quantitative estimate of drug-likeness (QED) is 0.871. The molecule has 0 aromatic heterocycles. The number of morpholine rings is 1. The number of carbonyl (C=O) groups is 1. The number of benzene rings is 2. The van der Waals surface area contributed by atoms with Gasteiger partial charge in [0.2, 0.25) is 0 Å². The highest BCUT2D eigenvalue weighted by Crippen LogP contribution is 2.22. The van der Waals surface area contributed by atoms with Crippen molar-refractivity contribution in [2.45, 2.75) is 12.7 Å². The van der Waals surface area contributed by atoms with Crippen LogP contribution in [0, 0.1) is 0 Å². The first-order valence-corrected chi connectivity index (χ1v) is 7.45. The Balaban J connectivity index is 1.56. The van der Waals surface area contributed by atoms with Gasteiger partial charge in [0.15, 0.2) is 0 Å². The number of hydrogen-bond donors (Lipinski definition) is 0. The highest BCUT2D eigenvalue weighted by molar-refractivity contribution is 5.67. The summed E-state index contributed by atoms with van der Waals surface area (Å²) in [5.41, 5.74) is 2.08. The second-order valence-electron chi connectivity index (χ2n) is 5.26. The van der Waals surface area contributed by atoms with Crippen LogP contribution >= 0.6 is 0 Å². The SMILES string of the molecule is O=C(OCc1ccccc1)N1CCOC(c2ccccc2)C1. The van der Waals surface area contributed by atoms with Crippen molar-refractivity contribution >= 4 is 6.09 Å². The highest BCUT2D eigenvalue weighted by Gasteiger charge is 2.26. The lowest BCUT2D eigenvalue weighted by atomic mass is 10.1. The molecule has 2 aromatic rings. The van der Waals surface area contributed by atoms with Crippen LogP contribution in [0.25, 0.3) is 0 Å². The zero-order valence-corrected chi connectivity index (χ0v) is 12.4. The lowest BCUT2D eigenvalue weighted by Crippen LogP contribution is -2.42. The molecular formula is C18H19NO3. The van der Waals surface area contributed by atoms with Crippen molar-refractivity contribution in [2.24, 2.45) is 0 Å². The third-order valence-corrected chi connectivity index (χ3v) is 3.70. The first-order valence-electron chi connectivity index (χ1n) is 7.45. The van der Waals surface area contributed by atoms with Gasteiger partial charge in [-0.05, 0) is 11.1 Å². The monoisotopic (exact) mass is 297 g/mol. The highest BCUT2D eigenvalue weighted by atomic mass is 16.6. The van der Waals surface area contributed by atoms with Gasteiger partial charge in [0.1, 0.15) is 12.7 Å². The maximum atomic E-state index is 12.2. The van der Waals surface area contributed by atoms with Crippen molar-refractivity contribution in [3.05, 3.63) is 71.8 Å². The minimum absolute atomic E-state index is 0.0841. The van der Waals surface area contributed by atoms with Gasteiger partial charge in [-0.15, -0.1) is 0 Å². The second-order valence-corrected chi connectivity index (χ2v) is 5.26. The predicted molar refractivity (Wildman–Crippen MR) is 83.3 cm³/mol. The molecule has 4 nitrogen and oxygen atoms in total. The zero-order chi connectivity index (χ0) is 15.2. The average Bonchev–Trinajstić information content (AvgIpc) is 2.61. The Morgan fingerprint density at radius 2 is 1.77 bits per heavy atom. The number of amides is 1. The minimum Gasteiger partial charge on any atom is -0.445 e. The van der Waals surface area contributed by atoms with Crippen LogP contribution in [0.2, 0.25) is 0 Å². The van der Waals surface area contributed by atoms with E-state index in [1.54, 1.807) is 4.90 Å². The molecule has 1 amide bonds. The predicted octanol–water partition coefficient (Wildman–Crippen LogP) is 3.40. The first kappa shape index (κ1) is 14.6. The summed E-state index contributed by atoms with van der Waals surface area (Å²) in [6.07, 6.45) is -0.368. The van der Waals surface area contributed by atoms with E-state index in [9.17, 15) is 4.79 Å². The molecule has 3 rings (SSSR count). The smallest absolute Gasteiger partial charge is 0.410 e. The molecule has 0 aliphatic carbocycles. The molecule has 1 aliphatic heterocycles. The summed E-state index contributed by atoms with van der Waals surface area (Å²) in [7, 11) is 0. The summed E-state index contributed by atoms with van der Waals surface area (Å²) < 4.78 is 11.1. The molecule has 0 N–H and O–H groups in total. The zero-order valence-electron chi connectivity index (χ0n) is 12.4. The molecule has 1 aliphatic rings. The molecule has 1 unspecified atom stereocenters. The topological polar surface area (TPSA) is 38.8 Å². The summed E-state index contributed by atoms with van der Waals surface area (Å²) in [6, 6.07) is 19.7. The van der Waals surface area contributed by atoms with E-state index >= 15 is 0 Å². The van der Waals surface area contributed by atoms with E-state index in [1.165, 1.54) is 0 Å². The molecular weight excluding hydrogens is 278 g/mol. The standard InChI is InChI=1S/C18H19NO3/c20-18(22-14-15-7-3-1-4-8-15)19-11-12-21-17(13-19)16-9-5-2-6-10-16/h1-10,17H,11-14H2. The minimum atomic E-state index is -0.284. The van der Waals surface area contributed by atoms with Gasteiger partial charge >= 0.3 is 6.09 Å². The second kappa shape index (κ2) is 7.09. The van der Waals surface area contributed by atoms with E-state index in [4.69, 9.17) is 9.47 Å². The van der Waals surface area contributed by atoms with E-state index in [0.717, 1.165) is 11.1 Å². The van der Waals surface area contributed by atoms with Gasteiger partial charge in [0.05, 0.1) is 13.2 Å². The van der Waals surface area contributed by atoms with Crippen molar-refractivity contribution in [1.82, 2.24) is 4.90 Å². The molecule has 1 fully saturated rings. The van der Waals surface area contributed by atoms with Gasteiger partial charge in [0, 0.05) is 6.54 Å². The van der Waals surface area contributed by atoms with Crippen molar-refractivity contribution < 1.29 is 14.3 Å². The molecule has 0 spiro atoms. The first-order chi connectivity index (χ1) is 10.8. The van der Waals surface area contributed by atoms with Crippen LogP contribution in [-0.4, -0.2) is 30.7 Å². The third-order valence-electron chi connectivity index (χ3n) is 3.70. The lowest BCUT2D eigenvalue weighted by Gasteiger charge is -2.32. The largest absolute Gasteiger partial charge is 0.445 e. The van der Waals surface area contributed by atoms with E-state index < -0.39 is 0 Å². The summed E-state index contributed by atoms with van der Waals surface area (Å²) in [4.78, 5) is 13.9. The Kier molecular flexibility index (Phi) is 4.71. The molecule has 2 aromatic carbocycles. The Morgan fingerprint density at radius 1 is 1.09 bits per heavy atom. The van der Waals surface area contributed by atoms with Crippen LogP contribution in [-0.2, 0) is 16.1 Å². The average molecular weight is 297 g/mol. The van der Waals surface area contributed by atoms with Gasteiger partial charge < -0.3 is 14.4 Å². The fraction of sp³-hybridized carbons (Fsp3) is 0.278. The van der Waals surface area contributed by atoms with Crippen LogP contribution < -0.4 is 0 Å². The van der Waals surface area contributed by atoms with Crippen molar-refractivity contribution in [1.29, 1.82) is 0 Å².